The number of nitrogens with zero attached hydrogens (tertiary/aromatic N) is 2. The zero-order valence-corrected chi connectivity index (χ0v) is 7.56. The highest BCUT2D eigenvalue weighted by Crippen LogP contribution is 1.83. The van der Waals surface area contributed by atoms with E-state index in [2.05, 4.69) is 26.0 Å². The number of hydrogen-bond donors (Lipinski definition) is 1. The van der Waals surface area contributed by atoms with Crippen LogP contribution in [0.5, 0.6) is 0 Å². The SMILES string of the molecule is [B]S(=O)(=O)ON=CC=NOS(=O)O. The second kappa shape index (κ2) is 5.67. The van der Waals surface area contributed by atoms with Crippen LogP contribution in [0.25, 0.3) is 0 Å². The van der Waals surface area contributed by atoms with Gasteiger partial charge >= 0.3 is 18.5 Å². The van der Waals surface area contributed by atoms with Crippen molar-refractivity contribution in [2.24, 2.45) is 10.3 Å². The Kier molecular flexibility index (Phi) is 5.26. The van der Waals surface area contributed by atoms with Crippen LogP contribution in [0.1, 0.15) is 0 Å². The average molecular weight is 226 g/mol. The topological polar surface area (TPSA) is 115 Å². The minimum absolute atomic E-state index is 0.747. The normalized spacial score (nSPS) is 14.8. The molecular weight excluding hydrogens is 223 g/mol. The molecule has 11 heteroatoms. The fourth-order valence-electron chi connectivity index (χ4n) is 0.201. The van der Waals surface area contributed by atoms with E-state index in [4.69, 9.17) is 4.55 Å². The molecule has 0 aliphatic carbocycles. The van der Waals surface area contributed by atoms with Gasteiger partial charge in [0.25, 0.3) is 9.97 Å². The zero-order chi connectivity index (χ0) is 10.3. The van der Waals surface area contributed by atoms with Gasteiger partial charge in [-0.15, -0.1) is 0 Å². The standard InChI is InChI=1S/C2H3BN2O6S2/c3-13(8,9)11-5-2-1-4-10-12(6)7/h1-2H,(H,6,7). The van der Waals surface area contributed by atoms with Gasteiger partial charge in [0.2, 0.25) is 0 Å². The van der Waals surface area contributed by atoms with Gasteiger partial charge in [-0.25, -0.2) is 8.42 Å². The van der Waals surface area contributed by atoms with Crippen LogP contribution < -0.4 is 0 Å². The van der Waals surface area contributed by atoms with Crippen molar-refractivity contribution in [3.63, 3.8) is 0 Å². The van der Waals surface area contributed by atoms with Crippen molar-refractivity contribution < 1.29 is 25.7 Å². The minimum atomic E-state index is -4.14. The molecule has 0 aliphatic rings. The molecule has 8 nitrogen and oxygen atoms in total. The van der Waals surface area contributed by atoms with Gasteiger partial charge in [-0.3, -0.25) is 13.1 Å². The van der Waals surface area contributed by atoms with E-state index in [0.717, 1.165) is 12.4 Å². The first-order chi connectivity index (χ1) is 5.92. The lowest BCUT2D eigenvalue weighted by Gasteiger charge is -1.89. The Bertz CT molecular complexity index is 322. The Balaban J connectivity index is 3.77. The molecule has 1 N–H and O–H groups in total. The zero-order valence-electron chi connectivity index (χ0n) is 5.93. The lowest BCUT2D eigenvalue weighted by molar-refractivity contribution is 0.327. The summed E-state index contributed by atoms with van der Waals surface area (Å²) in [5.41, 5.74) is 0. The second-order valence-corrected chi connectivity index (χ2v) is 3.09. The average Bonchev–Trinajstić information content (AvgIpc) is 1.93. The summed E-state index contributed by atoms with van der Waals surface area (Å²) >= 11 is -2.53. The third-order valence-corrected chi connectivity index (χ3v) is 0.950. The molecule has 1 unspecified atom stereocenters. The summed E-state index contributed by atoms with van der Waals surface area (Å²) in [6, 6.07) is 0. The number of hydrogen-bond acceptors (Lipinski definition) is 7. The molecule has 0 spiro atoms. The van der Waals surface area contributed by atoms with Gasteiger partial charge in [0.1, 0.15) is 0 Å². The molecule has 2 radical (unpaired) electrons. The molecule has 0 saturated heterocycles. The van der Waals surface area contributed by atoms with Crippen LogP contribution in [0.2, 0.25) is 0 Å². The van der Waals surface area contributed by atoms with Gasteiger partial charge in [0.15, 0.2) is 0 Å². The first-order valence-electron chi connectivity index (χ1n) is 2.47. The number of rotatable bonds is 5. The molecule has 13 heavy (non-hydrogen) atoms. The van der Waals surface area contributed by atoms with Crippen LogP contribution in [-0.4, -0.2) is 36.7 Å². The van der Waals surface area contributed by atoms with Gasteiger partial charge in [-0.05, 0) is 0 Å². The van der Waals surface area contributed by atoms with Crippen molar-refractivity contribution in [2.75, 3.05) is 0 Å². The highest BCUT2D eigenvalue weighted by atomic mass is 32.2. The van der Waals surface area contributed by atoms with E-state index in [1.807, 2.05) is 0 Å². The number of oxime groups is 2. The molecule has 0 amide bonds. The van der Waals surface area contributed by atoms with Crippen LogP contribution in [0.4, 0.5) is 0 Å². The Morgan fingerprint density at radius 1 is 1.38 bits per heavy atom. The van der Waals surface area contributed by atoms with Crippen molar-refractivity contribution in [1.82, 2.24) is 0 Å². The Labute approximate surface area is 77.5 Å². The van der Waals surface area contributed by atoms with Crippen molar-refractivity contribution in [2.45, 2.75) is 0 Å². The van der Waals surface area contributed by atoms with Gasteiger partial charge in [-0.2, -0.15) is 4.21 Å². The van der Waals surface area contributed by atoms with Gasteiger partial charge in [0, 0.05) is 0 Å². The Morgan fingerprint density at radius 3 is 2.38 bits per heavy atom. The molecule has 72 valence electrons. The monoisotopic (exact) mass is 226 g/mol. The fraction of sp³-hybridized carbons (Fsp3) is 0. The minimum Gasteiger partial charge on any atom is -0.281 e. The van der Waals surface area contributed by atoms with E-state index in [1.54, 1.807) is 0 Å². The smallest absolute Gasteiger partial charge is 0.281 e. The van der Waals surface area contributed by atoms with Crippen LogP contribution in [0, 0.1) is 0 Å². The molecule has 0 aromatic carbocycles. The molecule has 0 rings (SSSR count). The molecule has 0 aromatic rings. The maximum Gasteiger partial charge on any atom is 0.378 e. The van der Waals surface area contributed by atoms with Gasteiger partial charge in [0.05, 0.1) is 12.4 Å². The molecule has 1 atom stereocenters. The molecule has 0 bridgehead atoms. The molecular formula is C2H3BN2O6S2. The lowest BCUT2D eigenvalue weighted by atomic mass is 10.8. The molecule has 0 aliphatic heterocycles. The van der Waals surface area contributed by atoms with E-state index < -0.39 is 21.3 Å². The highest BCUT2D eigenvalue weighted by molar-refractivity contribution is 8.08. The summed E-state index contributed by atoms with van der Waals surface area (Å²) in [6.07, 6.45) is 1.52. The van der Waals surface area contributed by atoms with E-state index >= 15 is 0 Å². The lowest BCUT2D eigenvalue weighted by Crippen LogP contribution is -1.99. The van der Waals surface area contributed by atoms with Crippen LogP contribution in [0.3, 0.4) is 0 Å². The molecule has 0 saturated carbocycles. The Morgan fingerprint density at radius 2 is 1.92 bits per heavy atom. The van der Waals surface area contributed by atoms with Crippen molar-refractivity contribution in [3.8, 4) is 0 Å². The summed E-state index contributed by atoms with van der Waals surface area (Å²) < 4.78 is 45.3. The first kappa shape index (κ1) is 12.1. The predicted octanol–water partition coefficient (Wildman–Crippen LogP) is -1.46. The van der Waals surface area contributed by atoms with E-state index in [0.29, 0.717) is 0 Å². The van der Waals surface area contributed by atoms with E-state index in [9.17, 15) is 12.6 Å². The summed E-state index contributed by atoms with van der Waals surface area (Å²) in [4.78, 5) is 0. The summed E-state index contributed by atoms with van der Waals surface area (Å²) in [6.45, 7) is 0. The summed E-state index contributed by atoms with van der Waals surface area (Å²) in [5.74, 6) is 0. The van der Waals surface area contributed by atoms with Crippen molar-refractivity contribution in [3.05, 3.63) is 0 Å². The Hall–Kier alpha value is -0.935. The van der Waals surface area contributed by atoms with Crippen LogP contribution in [0.15, 0.2) is 10.3 Å². The second-order valence-electron chi connectivity index (χ2n) is 1.37. The fourth-order valence-corrected chi connectivity index (χ4v) is 0.494. The van der Waals surface area contributed by atoms with Gasteiger partial charge in [-0.1, -0.05) is 10.3 Å². The van der Waals surface area contributed by atoms with E-state index in [1.165, 1.54) is 0 Å². The largest absolute Gasteiger partial charge is 0.378 e. The quantitative estimate of drug-likeness (QED) is 0.265. The third kappa shape index (κ3) is 11.1. The highest BCUT2D eigenvalue weighted by Gasteiger charge is 1.96. The van der Waals surface area contributed by atoms with Crippen LogP contribution >= 0.6 is 0 Å². The third-order valence-electron chi connectivity index (χ3n) is 0.442. The maximum atomic E-state index is 10.0. The summed E-state index contributed by atoms with van der Waals surface area (Å²) in [7, 11) is 0.233. The van der Waals surface area contributed by atoms with Crippen LogP contribution in [-0.2, 0) is 29.9 Å². The van der Waals surface area contributed by atoms with Crippen molar-refractivity contribution in [1.29, 1.82) is 0 Å². The predicted molar refractivity (Wildman–Crippen MR) is 44.6 cm³/mol. The van der Waals surface area contributed by atoms with Crippen molar-refractivity contribution >= 4 is 40.9 Å². The maximum absolute atomic E-state index is 10.0. The van der Waals surface area contributed by atoms with E-state index in [-0.39, 0.29) is 0 Å². The van der Waals surface area contributed by atoms with Gasteiger partial charge < -0.3 is 0 Å². The first-order valence-corrected chi connectivity index (χ1v) is 4.97. The molecule has 0 aromatic heterocycles. The molecule has 0 heterocycles. The summed E-state index contributed by atoms with van der Waals surface area (Å²) in [5, 5.41) is 5.64. The molecule has 0 fully saturated rings.